The molecule has 26 heavy (non-hydrogen) atoms. The van der Waals surface area contributed by atoms with Crippen LogP contribution < -0.4 is 4.74 Å². The third-order valence-corrected chi connectivity index (χ3v) is 4.97. The second kappa shape index (κ2) is 10.6. The molecule has 4 heteroatoms. The van der Waals surface area contributed by atoms with Gasteiger partial charge in [-0.15, -0.1) is 6.58 Å². The van der Waals surface area contributed by atoms with Crippen molar-refractivity contribution >= 4 is 18.0 Å². The van der Waals surface area contributed by atoms with Crippen molar-refractivity contribution in [1.82, 2.24) is 0 Å². The Morgan fingerprint density at radius 3 is 2.42 bits per heavy atom. The van der Waals surface area contributed by atoms with Crippen LogP contribution in [0.15, 0.2) is 43.0 Å². The molecule has 1 aromatic rings. The Hall–Kier alpha value is -2.36. The molecule has 140 valence electrons. The van der Waals surface area contributed by atoms with E-state index in [9.17, 15) is 9.59 Å². The summed E-state index contributed by atoms with van der Waals surface area (Å²) in [6.45, 7) is 3.75. The van der Waals surface area contributed by atoms with Crippen LogP contribution in [0.25, 0.3) is 6.08 Å². The van der Waals surface area contributed by atoms with Crippen LogP contribution in [-0.4, -0.2) is 17.0 Å². The highest BCUT2D eigenvalue weighted by Gasteiger charge is 2.27. The van der Waals surface area contributed by atoms with E-state index in [0.29, 0.717) is 5.75 Å². The molecule has 1 aromatic carbocycles. The number of carbonyl (C=O) groups excluding carboxylic acids is 1. The average molecular weight is 356 g/mol. The van der Waals surface area contributed by atoms with Crippen LogP contribution in [0.4, 0.5) is 0 Å². The van der Waals surface area contributed by atoms with Gasteiger partial charge in [0, 0.05) is 6.08 Å². The Morgan fingerprint density at radius 2 is 1.81 bits per heavy atom. The lowest BCUT2D eigenvalue weighted by molar-refractivity contribution is -0.140. The lowest BCUT2D eigenvalue weighted by Gasteiger charge is -2.27. The zero-order valence-corrected chi connectivity index (χ0v) is 15.2. The normalized spacial score (nSPS) is 20.0. The van der Waals surface area contributed by atoms with Gasteiger partial charge in [0.05, 0.1) is 5.92 Å². The number of benzene rings is 1. The Balaban J connectivity index is 1.75. The van der Waals surface area contributed by atoms with Crippen molar-refractivity contribution in [3.8, 4) is 5.75 Å². The van der Waals surface area contributed by atoms with Gasteiger partial charge in [0.15, 0.2) is 0 Å². The Bertz CT molecular complexity index is 622. The summed E-state index contributed by atoms with van der Waals surface area (Å²) in [5, 5.41) is 8.62. The molecule has 0 bridgehead atoms. The molecule has 0 aliphatic heterocycles. The number of rotatable bonds is 9. The van der Waals surface area contributed by atoms with E-state index < -0.39 is 5.97 Å². The molecule has 0 radical (unpaired) electrons. The molecule has 1 saturated carbocycles. The molecular weight excluding hydrogens is 328 g/mol. The number of carboxylic acids is 1. The van der Waals surface area contributed by atoms with Gasteiger partial charge in [0.2, 0.25) is 0 Å². The quantitative estimate of drug-likeness (QED) is 0.216. The third kappa shape index (κ3) is 6.87. The Morgan fingerprint density at radius 1 is 1.12 bits per heavy atom. The Kier molecular flexibility index (Phi) is 8.13. The summed E-state index contributed by atoms with van der Waals surface area (Å²) >= 11 is 0. The maximum Gasteiger partial charge on any atom is 0.328 e. The van der Waals surface area contributed by atoms with Gasteiger partial charge in [-0.25, -0.2) is 4.79 Å². The first-order valence-corrected chi connectivity index (χ1v) is 9.42. The second-order valence-corrected chi connectivity index (χ2v) is 6.95. The predicted octanol–water partition coefficient (Wildman–Crippen LogP) is 5.24. The molecule has 1 aliphatic rings. The van der Waals surface area contributed by atoms with Crippen molar-refractivity contribution in [1.29, 1.82) is 0 Å². The fourth-order valence-electron chi connectivity index (χ4n) is 3.42. The molecule has 0 atom stereocenters. The molecule has 1 N–H and O–H groups in total. The highest BCUT2D eigenvalue weighted by atomic mass is 16.5. The molecular formula is C22H28O4. The van der Waals surface area contributed by atoms with E-state index in [-0.39, 0.29) is 11.9 Å². The number of hydrogen-bond acceptors (Lipinski definition) is 3. The van der Waals surface area contributed by atoms with Crippen molar-refractivity contribution in [3.05, 3.63) is 48.6 Å². The third-order valence-electron chi connectivity index (χ3n) is 4.97. The highest BCUT2D eigenvalue weighted by molar-refractivity contribution is 5.85. The van der Waals surface area contributed by atoms with Gasteiger partial charge >= 0.3 is 11.9 Å². The lowest BCUT2D eigenvalue weighted by atomic mass is 9.80. The van der Waals surface area contributed by atoms with Crippen LogP contribution in [0.1, 0.15) is 56.9 Å². The second-order valence-electron chi connectivity index (χ2n) is 6.95. The first-order valence-electron chi connectivity index (χ1n) is 9.42. The summed E-state index contributed by atoms with van der Waals surface area (Å²) in [5.41, 5.74) is 0.754. The molecule has 1 fully saturated rings. The lowest BCUT2D eigenvalue weighted by Crippen LogP contribution is -2.25. The molecule has 2 rings (SSSR count). The van der Waals surface area contributed by atoms with Crippen molar-refractivity contribution in [3.63, 3.8) is 0 Å². The van der Waals surface area contributed by atoms with Gasteiger partial charge in [0.1, 0.15) is 5.75 Å². The molecule has 0 saturated heterocycles. The van der Waals surface area contributed by atoms with E-state index in [2.05, 4.69) is 6.58 Å². The summed E-state index contributed by atoms with van der Waals surface area (Å²) in [6, 6.07) is 6.87. The summed E-state index contributed by atoms with van der Waals surface area (Å²) in [5.74, 6) is 0.102. The fourth-order valence-corrected chi connectivity index (χ4v) is 3.42. The monoisotopic (exact) mass is 356 g/mol. The number of aliphatic carboxylic acids is 1. The number of ether oxygens (including phenoxy) is 1. The van der Waals surface area contributed by atoms with E-state index >= 15 is 0 Å². The van der Waals surface area contributed by atoms with Crippen LogP contribution in [0.5, 0.6) is 5.75 Å². The summed E-state index contributed by atoms with van der Waals surface area (Å²) in [6.07, 6.45) is 13.4. The average Bonchev–Trinajstić information content (AvgIpc) is 2.65. The maximum atomic E-state index is 12.3. The van der Waals surface area contributed by atoms with Crippen molar-refractivity contribution in [2.24, 2.45) is 11.8 Å². The number of allylic oxidation sites excluding steroid dienone is 1. The van der Waals surface area contributed by atoms with Gasteiger partial charge in [-0.05, 0) is 68.2 Å². The Labute approximate surface area is 155 Å². The van der Waals surface area contributed by atoms with Gasteiger partial charge in [0.25, 0.3) is 0 Å². The molecule has 0 aromatic heterocycles. The maximum absolute atomic E-state index is 12.3. The number of hydrogen-bond donors (Lipinski definition) is 1. The number of carbonyl (C=O) groups is 2. The fraction of sp³-hybridized carbons (Fsp3) is 0.455. The molecule has 1 aliphatic carbocycles. The first kappa shape index (κ1) is 20.0. The van der Waals surface area contributed by atoms with Crippen molar-refractivity contribution in [2.75, 3.05) is 0 Å². The van der Waals surface area contributed by atoms with E-state index in [4.69, 9.17) is 9.84 Å². The van der Waals surface area contributed by atoms with E-state index in [0.717, 1.165) is 49.7 Å². The molecule has 0 amide bonds. The zero-order chi connectivity index (χ0) is 18.8. The first-order chi connectivity index (χ1) is 12.6. The molecule has 0 heterocycles. The zero-order valence-electron chi connectivity index (χ0n) is 15.2. The van der Waals surface area contributed by atoms with Gasteiger partial charge < -0.3 is 9.84 Å². The van der Waals surface area contributed by atoms with Gasteiger partial charge in [-0.2, -0.15) is 0 Å². The summed E-state index contributed by atoms with van der Waals surface area (Å²) < 4.78 is 5.49. The molecule has 4 nitrogen and oxygen atoms in total. The smallest absolute Gasteiger partial charge is 0.328 e. The van der Waals surface area contributed by atoms with E-state index in [1.807, 2.05) is 6.08 Å². The van der Waals surface area contributed by atoms with Crippen LogP contribution in [0, 0.1) is 11.8 Å². The predicted molar refractivity (Wildman–Crippen MR) is 103 cm³/mol. The van der Waals surface area contributed by atoms with Crippen LogP contribution in [-0.2, 0) is 9.59 Å². The van der Waals surface area contributed by atoms with E-state index in [1.54, 1.807) is 24.3 Å². The molecule has 0 spiro atoms. The van der Waals surface area contributed by atoms with Crippen LogP contribution in [0.3, 0.4) is 0 Å². The van der Waals surface area contributed by atoms with Crippen LogP contribution in [0.2, 0.25) is 0 Å². The topological polar surface area (TPSA) is 63.6 Å². The van der Waals surface area contributed by atoms with Gasteiger partial charge in [-0.1, -0.05) is 31.1 Å². The minimum absolute atomic E-state index is 0.00833. The van der Waals surface area contributed by atoms with Gasteiger partial charge in [-0.3, -0.25) is 4.79 Å². The number of esters is 1. The van der Waals surface area contributed by atoms with Crippen molar-refractivity contribution in [2.45, 2.75) is 51.4 Å². The van der Waals surface area contributed by atoms with E-state index in [1.165, 1.54) is 25.3 Å². The van der Waals surface area contributed by atoms with Crippen LogP contribution >= 0.6 is 0 Å². The standard InChI is InChI=1S/C22H28O4/c1-2-3-4-5-6-17-7-12-19(13-8-17)22(25)26-20-14-9-18(10-15-20)11-16-21(23)24/h2,9-11,14-17,19H,1,3-8,12-13H2,(H,23,24). The minimum Gasteiger partial charge on any atom is -0.478 e. The number of unbranched alkanes of at least 4 members (excludes halogenated alkanes) is 2. The number of carboxylic acid groups (broad SMARTS) is 1. The summed E-state index contributed by atoms with van der Waals surface area (Å²) in [4.78, 5) is 22.9. The minimum atomic E-state index is -0.989. The summed E-state index contributed by atoms with van der Waals surface area (Å²) in [7, 11) is 0. The highest BCUT2D eigenvalue weighted by Crippen LogP contribution is 2.33. The molecule has 0 unspecified atom stereocenters. The SMILES string of the molecule is C=CCCCCC1CCC(C(=O)Oc2ccc(C=CC(=O)O)cc2)CC1. The largest absolute Gasteiger partial charge is 0.478 e. The van der Waals surface area contributed by atoms with Crippen molar-refractivity contribution < 1.29 is 19.4 Å².